The Morgan fingerprint density at radius 2 is 2.00 bits per heavy atom. The number of halogens is 1. The molecule has 0 aliphatic rings. The summed E-state index contributed by atoms with van der Waals surface area (Å²) in [5.41, 5.74) is 3.88. The van der Waals surface area contributed by atoms with Gasteiger partial charge in [-0.05, 0) is 43.5 Å². The molecular weight excluding hydrogens is 253 g/mol. The van der Waals surface area contributed by atoms with E-state index in [1.165, 1.54) is 11.6 Å². The molecule has 2 N–H and O–H groups in total. The maximum atomic E-state index is 13.7. The van der Waals surface area contributed by atoms with Crippen LogP contribution in [0.25, 0.3) is 0 Å². The molecule has 2 aromatic carbocycles. The fourth-order valence-electron chi connectivity index (χ4n) is 2.16. The maximum Gasteiger partial charge on any atom is 0.128 e. The monoisotopic (exact) mass is 273 g/mol. The van der Waals surface area contributed by atoms with E-state index in [4.69, 9.17) is 5.11 Å². The summed E-state index contributed by atoms with van der Waals surface area (Å²) in [4.78, 5) is 0. The number of rotatable bonds is 6. The highest BCUT2D eigenvalue weighted by molar-refractivity contribution is 5.46. The molecule has 0 heterocycles. The number of aliphatic hydroxyl groups is 1. The second kappa shape index (κ2) is 7.06. The fraction of sp³-hybridized carbons (Fsp3) is 0.294. The molecule has 2 nitrogen and oxygen atoms in total. The summed E-state index contributed by atoms with van der Waals surface area (Å²) in [7, 11) is 0. The quantitative estimate of drug-likeness (QED) is 0.841. The van der Waals surface area contributed by atoms with Crippen LogP contribution in [0.15, 0.2) is 42.5 Å². The Morgan fingerprint density at radius 1 is 1.15 bits per heavy atom. The first-order valence-electron chi connectivity index (χ1n) is 6.88. The standard InChI is InChI=1S/C17H20FNO/c1-13-7-8-17(18)15(10-13)12-19-16-6-2-4-14(11-16)5-3-9-20/h2,4,6-8,10-11,19-20H,3,5,9,12H2,1H3. The van der Waals surface area contributed by atoms with Crippen molar-refractivity contribution in [1.29, 1.82) is 0 Å². The largest absolute Gasteiger partial charge is 0.396 e. The molecule has 0 saturated carbocycles. The van der Waals surface area contributed by atoms with E-state index in [9.17, 15) is 4.39 Å². The van der Waals surface area contributed by atoms with Gasteiger partial charge in [0.15, 0.2) is 0 Å². The SMILES string of the molecule is Cc1ccc(F)c(CNc2cccc(CCCO)c2)c1. The molecule has 0 atom stereocenters. The highest BCUT2D eigenvalue weighted by atomic mass is 19.1. The third-order valence-corrected chi connectivity index (χ3v) is 3.23. The van der Waals surface area contributed by atoms with Gasteiger partial charge in [-0.15, -0.1) is 0 Å². The van der Waals surface area contributed by atoms with Crippen LogP contribution in [-0.2, 0) is 13.0 Å². The van der Waals surface area contributed by atoms with Crippen molar-refractivity contribution in [2.24, 2.45) is 0 Å². The third kappa shape index (κ3) is 4.07. The van der Waals surface area contributed by atoms with Gasteiger partial charge in [0.1, 0.15) is 5.82 Å². The second-order valence-corrected chi connectivity index (χ2v) is 4.98. The highest BCUT2D eigenvalue weighted by Crippen LogP contribution is 2.15. The van der Waals surface area contributed by atoms with Crippen LogP contribution >= 0.6 is 0 Å². The van der Waals surface area contributed by atoms with E-state index >= 15 is 0 Å². The van der Waals surface area contributed by atoms with Gasteiger partial charge >= 0.3 is 0 Å². The number of nitrogens with one attached hydrogen (secondary N) is 1. The van der Waals surface area contributed by atoms with Crippen molar-refractivity contribution in [2.45, 2.75) is 26.3 Å². The molecule has 0 radical (unpaired) electrons. The van der Waals surface area contributed by atoms with Gasteiger partial charge in [-0.1, -0.05) is 29.8 Å². The minimum absolute atomic E-state index is 0.181. The van der Waals surface area contributed by atoms with Crippen LogP contribution in [0.1, 0.15) is 23.1 Å². The van der Waals surface area contributed by atoms with Crippen LogP contribution in [0.4, 0.5) is 10.1 Å². The number of benzene rings is 2. The molecule has 0 amide bonds. The number of anilines is 1. The van der Waals surface area contributed by atoms with Crippen molar-refractivity contribution in [1.82, 2.24) is 0 Å². The van der Waals surface area contributed by atoms with E-state index in [1.807, 2.05) is 37.3 Å². The molecule has 106 valence electrons. The highest BCUT2D eigenvalue weighted by Gasteiger charge is 2.02. The van der Waals surface area contributed by atoms with Gasteiger partial charge in [-0.3, -0.25) is 0 Å². The Kier molecular flexibility index (Phi) is 5.13. The summed E-state index contributed by atoms with van der Waals surface area (Å²) < 4.78 is 13.7. The van der Waals surface area contributed by atoms with Crippen molar-refractivity contribution in [3.8, 4) is 0 Å². The lowest BCUT2D eigenvalue weighted by atomic mass is 10.1. The predicted molar refractivity (Wildman–Crippen MR) is 80.3 cm³/mol. The van der Waals surface area contributed by atoms with Crippen LogP contribution < -0.4 is 5.32 Å². The zero-order valence-corrected chi connectivity index (χ0v) is 11.7. The van der Waals surface area contributed by atoms with Gasteiger partial charge in [-0.25, -0.2) is 4.39 Å². The van der Waals surface area contributed by atoms with Crippen molar-refractivity contribution >= 4 is 5.69 Å². The van der Waals surface area contributed by atoms with Gasteiger partial charge in [0.05, 0.1) is 0 Å². The molecule has 2 aromatic rings. The maximum absolute atomic E-state index is 13.7. The molecule has 0 spiro atoms. The Balaban J connectivity index is 2.01. The molecule has 3 heteroatoms. The zero-order chi connectivity index (χ0) is 14.4. The molecule has 20 heavy (non-hydrogen) atoms. The van der Waals surface area contributed by atoms with Gasteiger partial charge in [0.2, 0.25) is 0 Å². The Morgan fingerprint density at radius 3 is 2.80 bits per heavy atom. The van der Waals surface area contributed by atoms with E-state index in [1.54, 1.807) is 6.07 Å². The van der Waals surface area contributed by atoms with E-state index in [2.05, 4.69) is 5.32 Å². The van der Waals surface area contributed by atoms with E-state index in [0.29, 0.717) is 12.1 Å². The lowest BCUT2D eigenvalue weighted by molar-refractivity contribution is 0.288. The molecule has 0 fully saturated rings. The molecule has 0 unspecified atom stereocenters. The number of aliphatic hydroxyl groups excluding tert-OH is 1. The first-order chi connectivity index (χ1) is 9.69. The topological polar surface area (TPSA) is 32.3 Å². The first-order valence-corrected chi connectivity index (χ1v) is 6.88. The number of hydrogen-bond donors (Lipinski definition) is 2. The summed E-state index contributed by atoms with van der Waals surface area (Å²) in [6.07, 6.45) is 1.61. The molecular formula is C17H20FNO. The molecule has 0 saturated heterocycles. The fourth-order valence-corrected chi connectivity index (χ4v) is 2.16. The van der Waals surface area contributed by atoms with Crippen molar-refractivity contribution < 1.29 is 9.50 Å². The molecule has 0 aliphatic heterocycles. The lowest BCUT2D eigenvalue weighted by Gasteiger charge is -2.10. The Labute approximate surface area is 119 Å². The summed E-state index contributed by atoms with van der Waals surface area (Å²) in [6.45, 7) is 2.63. The molecule has 0 aliphatic carbocycles. The predicted octanol–water partition coefficient (Wildman–Crippen LogP) is 3.67. The average molecular weight is 273 g/mol. The summed E-state index contributed by atoms with van der Waals surface area (Å²) in [5.74, 6) is -0.181. The van der Waals surface area contributed by atoms with E-state index in [0.717, 1.165) is 24.1 Å². The zero-order valence-electron chi connectivity index (χ0n) is 11.7. The minimum atomic E-state index is -0.181. The smallest absolute Gasteiger partial charge is 0.128 e. The van der Waals surface area contributed by atoms with Crippen molar-refractivity contribution in [2.75, 3.05) is 11.9 Å². The van der Waals surface area contributed by atoms with E-state index < -0.39 is 0 Å². The van der Waals surface area contributed by atoms with Crippen LogP contribution in [0.5, 0.6) is 0 Å². The first kappa shape index (κ1) is 14.5. The average Bonchev–Trinajstić information content (AvgIpc) is 2.46. The minimum Gasteiger partial charge on any atom is -0.396 e. The molecule has 0 bridgehead atoms. The third-order valence-electron chi connectivity index (χ3n) is 3.23. The summed E-state index contributed by atoms with van der Waals surface area (Å²) >= 11 is 0. The Bertz CT molecular complexity index is 569. The van der Waals surface area contributed by atoms with Gasteiger partial charge in [0.25, 0.3) is 0 Å². The summed E-state index contributed by atoms with van der Waals surface area (Å²) in [6, 6.07) is 13.2. The lowest BCUT2D eigenvalue weighted by Crippen LogP contribution is -2.02. The van der Waals surface area contributed by atoms with Crippen LogP contribution in [0, 0.1) is 12.7 Å². The van der Waals surface area contributed by atoms with Crippen LogP contribution in [-0.4, -0.2) is 11.7 Å². The molecule has 2 rings (SSSR count). The van der Waals surface area contributed by atoms with Gasteiger partial charge < -0.3 is 10.4 Å². The normalized spacial score (nSPS) is 10.6. The van der Waals surface area contributed by atoms with Crippen molar-refractivity contribution in [3.05, 3.63) is 65.0 Å². The number of aryl methyl sites for hydroxylation is 2. The van der Waals surface area contributed by atoms with E-state index in [-0.39, 0.29) is 12.4 Å². The molecule has 0 aromatic heterocycles. The van der Waals surface area contributed by atoms with Gasteiger partial charge in [-0.2, -0.15) is 0 Å². The van der Waals surface area contributed by atoms with Gasteiger partial charge in [0, 0.05) is 24.4 Å². The van der Waals surface area contributed by atoms with Crippen molar-refractivity contribution in [3.63, 3.8) is 0 Å². The van der Waals surface area contributed by atoms with Crippen LogP contribution in [0.2, 0.25) is 0 Å². The number of hydrogen-bond acceptors (Lipinski definition) is 2. The second-order valence-electron chi connectivity index (χ2n) is 4.98. The Hall–Kier alpha value is -1.87. The summed E-state index contributed by atoms with van der Waals surface area (Å²) in [5, 5.41) is 12.1. The van der Waals surface area contributed by atoms with Crippen LogP contribution in [0.3, 0.4) is 0 Å².